The van der Waals surface area contributed by atoms with Crippen molar-refractivity contribution in [3.05, 3.63) is 0 Å². The number of Topliss-reactive ketones (excluding diaryl/α,β-unsaturated/α-hetero) is 1. The number of esters is 1. The van der Waals surface area contributed by atoms with Gasteiger partial charge < -0.3 is 24.4 Å². The van der Waals surface area contributed by atoms with Gasteiger partial charge in [0.1, 0.15) is 11.2 Å². The molecule has 1 fully saturated rings. The standard InChI is InChI=1S/C26H45N5O9/c1-15(32)27-20(19(33)11-12-31(8)38-10)17-13-16(21(34)37-9)14-18(17)28-22(29-23(35)39-25(2,3)4)30-24(36)40-26(5,6)7/h16-18,20H,11-14H2,1-10H3,(H,27,32)(H2,28,29,30,35,36). The molecule has 1 saturated carbocycles. The number of amides is 3. The van der Waals surface area contributed by atoms with Crippen molar-refractivity contribution in [1.82, 2.24) is 21.0 Å². The van der Waals surface area contributed by atoms with Crippen molar-refractivity contribution in [2.24, 2.45) is 16.8 Å². The molecule has 1 aliphatic rings. The molecule has 1 aliphatic carbocycles. The van der Waals surface area contributed by atoms with E-state index in [-0.39, 0.29) is 37.6 Å². The van der Waals surface area contributed by atoms with E-state index in [1.165, 1.54) is 26.2 Å². The lowest BCUT2D eigenvalue weighted by Crippen LogP contribution is -2.50. The minimum atomic E-state index is -1.00. The Bertz CT molecular complexity index is 923. The third-order valence-electron chi connectivity index (χ3n) is 5.76. The second kappa shape index (κ2) is 14.9. The number of ether oxygens (including phenoxy) is 3. The summed E-state index contributed by atoms with van der Waals surface area (Å²) in [6, 6.07) is -1.79. The predicted molar refractivity (Wildman–Crippen MR) is 145 cm³/mol. The Kier molecular flexibility index (Phi) is 13.0. The summed E-state index contributed by atoms with van der Waals surface area (Å²) in [5.74, 6) is -2.84. The number of hydroxylamine groups is 2. The van der Waals surface area contributed by atoms with Gasteiger partial charge in [-0.05, 0) is 54.4 Å². The van der Waals surface area contributed by atoms with Crippen LogP contribution in [0.4, 0.5) is 9.59 Å². The molecule has 0 radical (unpaired) electrons. The summed E-state index contributed by atoms with van der Waals surface area (Å²) in [5.41, 5.74) is -1.68. The molecule has 3 amide bonds. The van der Waals surface area contributed by atoms with E-state index >= 15 is 0 Å². The van der Waals surface area contributed by atoms with Crippen LogP contribution in [-0.2, 0) is 33.4 Å². The molecule has 0 heterocycles. The third kappa shape index (κ3) is 12.7. The Morgan fingerprint density at radius 3 is 1.88 bits per heavy atom. The molecule has 4 atom stereocenters. The van der Waals surface area contributed by atoms with Crippen molar-refractivity contribution in [2.45, 2.75) is 91.0 Å². The third-order valence-corrected chi connectivity index (χ3v) is 5.76. The normalized spacial score (nSPS) is 19.7. The van der Waals surface area contributed by atoms with Crippen LogP contribution in [0.5, 0.6) is 0 Å². The largest absolute Gasteiger partial charge is 0.469 e. The zero-order valence-electron chi connectivity index (χ0n) is 25.2. The van der Waals surface area contributed by atoms with Crippen LogP contribution in [0.1, 0.15) is 67.7 Å². The zero-order chi connectivity index (χ0) is 30.8. The maximum Gasteiger partial charge on any atom is 0.414 e. The summed E-state index contributed by atoms with van der Waals surface area (Å²) in [6.45, 7) is 11.6. The number of nitrogens with one attached hydrogen (secondary N) is 3. The van der Waals surface area contributed by atoms with Crippen LogP contribution >= 0.6 is 0 Å². The van der Waals surface area contributed by atoms with E-state index in [2.05, 4.69) is 20.9 Å². The molecule has 0 aromatic heterocycles. The molecule has 3 N–H and O–H groups in total. The van der Waals surface area contributed by atoms with Gasteiger partial charge in [0, 0.05) is 32.9 Å². The number of methoxy groups -OCH3 is 1. The van der Waals surface area contributed by atoms with E-state index in [0.717, 1.165) is 0 Å². The number of aliphatic imine (C=N–C) groups is 1. The van der Waals surface area contributed by atoms with Crippen LogP contribution in [0.2, 0.25) is 0 Å². The van der Waals surface area contributed by atoms with Crippen LogP contribution in [0.15, 0.2) is 4.99 Å². The van der Waals surface area contributed by atoms with E-state index in [4.69, 9.17) is 19.0 Å². The average molecular weight is 572 g/mol. The molecule has 40 heavy (non-hydrogen) atoms. The quantitative estimate of drug-likeness (QED) is 0.122. The summed E-state index contributed by atoms with van der Waals surface area (Å²) in [5, 5.41) is 9.00. The monoisotopic (exact) mass is 571 g/mol. The second-order valence-corrected chi connectivity index (χ2v) is 11.6. The zero-order valence-corrected chi connectivity index (χ0v) is 25.2. The van der Waals surface area contributed by atoms with Gasteiger partial charge in [0.25, 0.3) is 0 Å². The molecular weight excluding hydrogens is 526 g/mol. The number of hydrogen-bond donors (Lipinski definition) is 3. The van der Waals surface area contributed by atoms with Gasteiger partial charge in [0.2, 0.25) is 11.9 Å². The minimum absolute atomic E-state index is 0.0459. The first-order valence-electron chi connectivity index (χ1n) is 13.1. The highest BCUT2D eigenvalue weighted by Gasteiger charge is 2.45. The summed E-state index contributed by atoms with van der Waals surface area (Å²) in [7, 11) is 4.38. The smallest absolute Gasteiger partial charge is 0.414 e. The van der Waals surface area contributed by atoms with Gasteiger partial charge in [0.05, 0.1) is 32.2 Å². The van der Waals surface area contributed by atoms with Gasteiger partial charge in [-0.15, -0.1) is 0 Å². The van der Waals surface area contributed by atoms with E-state index in [1.54, 1.807) is 48.6 Å². The second-order valence-electron chi connectivity index (χ2n) is 11.6. The van der Waals surface area contributed by atoms with E-state index in [1.807, 2.05) is 0 Å². The van der Waals surface area contributed by atoms with Crippen LogP contribution in [0, 0.1) is 11.8 Å². The summed E-state index contributed by atoms with van der Waals surface area (Å²) in [4.78, 5) is 72.6. The van der Waals surface area contributed by atoms with Gasteiger partial charge in [0.15, 0.2) is 5.78 Å². The van der Waals surface area contributed by atoms with E-state index in [0.29, 0.717) is 0 Å². The van der Waals surface area contributed by atoms with Crippen molar-refractivity contribution in [2.75, 3.05) is 27.8 Å². The number of alkyl carbamates (subject to hydrolysis) is 2. The van der Waals surface area contributed by atoms with Crippen molar-refractivity contribution in [3.8, 4) is 0 Å². The first-order chi connectivity index (χ1) is 18.3. The summed E-state index contributed by atoms with van der Waals surface area (Å²) < 4.78 is 15.5. The predicted octanol–water partition coefficient (Wildman–Crippen LogP) is 1.92. The fraction of sp³-hybridized carbons (Fsp3) is 0.769. The van der Waals surface area contributed by atoms with Crippen molar-refractivity contribution in [1.29, 1.82) is 0 Å². The number of ketones is 1. The van der Waals surface area contributed by atoms with Crippen molar-refractivity contribution >= 4 is 35.8 Å². The van der Waals surface area contributed by atoms with E-state index < -0.39 is 59.2 Å². The van der Waals surface area contributed by atoms with Gasteiger partial charge >= 0.3 is 18.2 Å². The highest BCUT2D eigenvalue weighted by Crippen LogP contribution is 2.37. The van der Waals surface area contributed by atoms with Gasteiger partial charge in [-0.2, -0.15) is 5.06 Å². The van der Waals surface area contributed by atoms with Crippen molar-refractivity contribution in [3.63, 3.8) is 0 Å². The molecule has 14 heteroatoms. The number of guanidine groups is 1. The Balaban J connectivity index is 3.46. The van der Waals surface area contributed by atoms with Crippen LogP contribution in [0.3, 0.4) is 0 Å². The van der Waals surface area contributed by atoms with Gasteiger partial charge in [-0.25, -0.2) is 14.6 Å². The molecule has 0 spiro atoms. The number of hydrogen-bond acceptors (Lipinski definition) is 11. The average Bonchev–Trinajstić information content (AvgIpc) is 3.20. The fourth-order valence-electron chi connectivity index (χ4n) is 4.14. The maximum atomic E-state index is 13.3. The van der Waals surface area contributed by atoms with Crippen molar-refractivity contribution < 1.29 is 43.0 Å². The lowest BCUT2D eigenvalue weighted by molar-refractivity contribution is -0.145. The molecule has 0 aromatic carbocycles. The molecule has 0 aliphatic heterocycles. The lowest BCUT2D eigenvalue weighted by atomic mass is 9.89. The highest BCUT2D eigenvalue weighted by molar-refractivity contribution is 6.01. The maximum absolute atomic E-state index is 13.3. The van der Waals surface area contributed by atoms with Crippen LogP contribution in [0.25, 0.3) is 0 Å². The molecule has 228 valence electrons. The van der Waals surface area contributed by atoms with E-state index in [9.17, 15) is 24.0 Å². The molecular formula is C26H45N5O9. The molecule has 0 saturated heterocycles. The highest BCUT2D eigenvalue weighted by atomic mass is 16.7. The first-order valence-corrected chi connectivity index (χ1v) is 13.1. The van der Waals surface area contributed by atoms with Crippen LogP contribution in [-0.4, -0.2) is 92.0 Å². The Morgan fingerprint density at radius 2 is 1.45 bits per heavy atom. The fourth-order valence-corrected chi connectivity index (χ4v) is 4.14. The Morgan fingerprint density at radius 1 is 0.925 bits per heavy atom. The van der Waals surface area contributed by atoms with Gasteiger partial charge in [-0.3, -0.25) is 25.0 Å². The molecule has 1 rings (SSSR count). The van der Waals surface area contributed by atoms with Gasteiger partial charge in [-0.1, -0.05) is 0 Å². The number of rotatable bonds is 9. The lowest BCUT2D eigenvalue weighted by Gasteiger charge is -2.28. The topological polar surface area (TPSA) is 174 Å². The molecule has 0 bridgehead atoms. The SMILES string of the molecule is COC(=O)C1CC(N=C(NC(=O)OC(C)(C)C)NC(=O)OC(C)(C)C)C(C(NC(C)=O)C(=O)CCN(C)OC)C1. The molecule has 0 aromatic rings. The minimum Gasteiger partial charge on any atom is -0.469 e. The summed E-state index contributed by atoms with van der Waals surface area (Å²) >= 11 is 0. The van der Waals surface area contributed by atoms with Crippen LogP contribution < -0.4 is 16.0 Å². The summed E-state index contributed by atoms with van der Waals surface area (Å²) in [6.07, 6.45) is -1.43. The molecule has 4 unspecified atom stereocenters. The Hall–Kier alpha value is -3.26. The number of nitrogens with zero attached hydrogens (tertiary/aromatic N) is 2. The Labute approximate surface area is 235 Å². The number of carbonyl (C=O) groups is 5. The number of carbonyl (C=O) groups excluding carboxylic acids is 5. The first kappa shape index (κ1) is 34.8. The molecule has 14 nitrogen and oxygen atoms in total.